The molecule has 1 aromatic heterocycles. The molecule has 0 bridgehead atoms. The highest BCUT2D eigenvalue weighted by atomic mass is 32.2. The predicted octanol–water partition coefficient (Wildman–Crippen LogP) is 4.25. The van der Waals surface area contributed by atoms with Gasteiger partial charge in [-0.1, -0.05) is 0 Å². The van der Waals surface area contributed by atoms with Gasteiger partial charge < -0.3 is 14.5 Å². The molecular weight excluding hydrogens is 544 g/mol. The standard InChI is InChI=1S/C29H32N6O5S/c1-38-23-13-11-22(12-14-23)35-26-24(27(31-35)41-40-39-2)15-19-32(28(26)37)20-7-9-21(10-8-20)33-18-5-16-30-29(33)34-17-4-3-6-25(34)36/h7-14H,3-6,15-19H2,1-2H3. The molecule has 0 unspecified atom stereocenters. The number of hydrogen-bond donors (Lipinski definition) is 0. The minimum atomic E-state index is -0.147. The Kier molecular flexibility index (Phi) is 7.95. The highest BCUT2D eigenvalue weighted by molar-refractivity contribution is 7.94. The van der Waals surface area contributed by atoms with Crippen molar-refractivity contribution in [3.8, 4) is 11.4 Å². The molecule has 0 spiro atoms. The molecule has 0 aliphatic carbocycles. The summed E-state index contributed by atoms with van der Waals surface area (Å²) in [4.78, 5) is 41.9. The van der Waals surface area contributed by atoms with E-state index in [0.29, 0.717) is 42.4 Å². The Morgan fingerprint density at radius 3 is 2.20 bits per heavy atom. The van der Waals surface area contributed by atoms with Gasteiger partial charge in [0.25, 0.3) is 5.91 Å². The summed E-state index contributed by atoms with van der Waals surface area (Å²) in [6.07, 6.45) is 4.01. The van der Waals surface area contributed by atoms with Crippen LogP contribution < -0.4 is 14.5 Å². The number of anilines is 2. The lowest BCUT2D eigenvalue weighted by Crippen LogP contribution is -2.51. The molecule has 214 valence electrons. The Morgan fingerprint density at radius 2 is 1.49 bits per heavy atom. The summed E-state index contributed by atoms with van der Waals surface area (Å²) in [6, 6.07) is 15.3. The van der Waals surface area contributed by atoms with Crippen LogP contribution in [0.5, 0.6) is 5.75 Å². The largest absolute Gasteiger partial charge is 0.497 e. The number of ether oxygens (including phenoxy) is 1. The molecule has 41 heavy (non-hydrogen) atoms. The van der Waals surface area contributed by atoms with Gasteiger partial charge in [-0.25, -0.2) is 9.57 Å². The Morgan fingerprint density at radius 1 is 0.780 bits per heavy atom. The number of hydrogen-bond acceptors (Lipinski definition) is 9. The van der Waals surface area contributed by atoms with E-state index in [2.05, 4.69) is 4.90 Å². The van der Waals surface area contributed by atoms with E-state index in [1.807, 2.05) is 53.4 Å². The van der Waals surface area contributed by atoms with Crippen LogP contribution in [0.3, 0.4) is 0 Å². The summed E-state index contributed by atoms with van der Waals surface area (Å²) >= 11 is 0.993. The topological polar surface area (TPSA) is 102 Å². The lowest BCUT2D eigenvalue weighted by Gasteiger charge is -2.37. The highest BCUT2D eigenvalue weighted by Gasteiger charge is 2.34. The molecule has 1 fully saturated rings. The number of aliphatic imine (C=N–C) groups is 1. The zero-order valence-corrected chi connectivity index (χ0v) is 23.9. The van der Waals surface area contributed by atoms with Gasteiger partial charge in [0.15, 0.2) is 5.03 Å². The zero-order chi connectivity index (χ0) is 28.3. The van der Waals surface area contributed by atoms with E-state index in [9.17, 15) is 9.59 Å². The molecule has 0 N–H and O–H groups in total. The molecule has 2 amide bonds. The van der Waals surface area contributed by atoms with Crippen LogP contribution >= 0.6 is 12.0 Å². The lowest BCUT2D eigenvalue weighted by molar-refractivity contribution is -0.160. The number of methoxy groups -OCH3 is 1. The molecule has 6 rings (SSSR count). The van der Waals surface area contributed by atoms with Crippen LogP contribution in [0.4, 0.5) is 11.4 Å². The van der Waals surface area contributed by atoms with Gasteiger partial charge in [0.05, 0.1) is 31.9 Å². The number of fused-ring (bicyclic) bond motifs is 1. The van der Waals surface area contributed by atoms with Gasteiger partial charge in [0, 0.05) is 49.5 Å². The third-order valence-corrected chi connectivity index (χ3v) is 8.24. The molecule has 4 heterocycles. The van der Waals surface area contributed by atoms with Crippen molar-refractivity contribution in [1.29, 1.82) is 0 Å². The molecular formula is C29H32N6O5S. The first-order valence-corrected chi connectivity index (χ1v) is 14.5. The smallest absolute Gasteiger partial charge is 0.277 e. The molecule has 0 saturated carbocycles. The van der Waals surface area contributed by atoms with Crippen molar-refractivity contribution in [2.75, 3.05) is 50.2 Å². The second-order valence-corrected chi connectivity index (χ2v) is 10.7. The zero-order valence-electron chi connectivity index (χ0n) is 23.1. The van der Waals surface area contributed by atoms with Crippen LogP contribution in [-0.2, 0) is 20.4 Å². The number of amides is 2. The molecule has 3 aliphatic rings. The maximum absolute atomic E-state index is 14.0. The van der Waals surface area contributed by atoms with E-state index < -0.39 is 0 Å². The molecule has 0 atom stereocenters. The van der Waals surface area contributed by atoms with E-state index >= 15 is 0 Å². The first-order chi connectivity index (χ1) is 20.1. The second kappa shape index (κ2) is 11.9. The summed E-state index contributed by atoms with van der Waals surface area (Å²) in [5.41, 5.74) is 3.79. The van der Waals surface area contributed by atoms with Crippen LogP contribution in [0.1, 0.15) is 41.7 Å². The van der Waals surface area contributed by atoms with Crippen molar-refractivity contribution in [3.63, 3.8) is 0 Å². The predicted molar refractivity (Wildman–Crippen MR) is 156 cm³/mol. The fraction of sp³-hybridized carbons (Fsp3) is 0.379. The number of benzene rings is 2. The molecule has 2 aromatic carbocycles. The van der Waals surface area contributed by atoms with Crippen molar-refractivity contribution in [2.45, 2.75) is 37.1 Å². The van der Waals surface area contributed by atoms with Gasteiger partial charge >= 0.3 is 0 Å². The van der Waals surface area contributed by atoms with E-state index in [1.165, 1.54) is 7.11 Å². The molecule has 12 heteroatoms. The summed E-state index contributed by atoms with van der Waals surface area (Å²) < 4.78 is 12.1. The Hall–Kier alpha value is -3.87. The molecule has 11 nitrogen and oxygen atoms in total. The lowest BCUT2D eigenvalue weighted by atomic mass is 10.1. The average Bonchev–Trinajstić information content (AvgIpc) is 3.40. The number of nitrogens with zero attached hydrogens (tertiary/aromatic N) is 6. The Balaban J connectivity index is 1.28. The summed E-state index contributed by atoms with van der Waals surface area (Å²) in [5.74, 6) is 1.44. The SMILES string of the molecule is COOSc1nn(-c2ccc(OC)cc2)c2c1CCN(c1ccc(N3CCCN=C3N3CCCCC3=O)cc1)C2=O. The minimum Gasteiger partial charge on any atom is -0.497 e. The van der Waals surface area contributed by atoms with Crippen molar-refractivity contribution < 1.29 is 23.5 Å². The van der Waals surface area contributed by atoms with E-state index in [1.54, 1.807) is 16.7 Å². The molecule has 1 saturated heterocycles. The first-order valence-electron chi connectivity index (χ1n) is 13.8. The van der Waals surface area contributed by atoms with Gasteiger partial charge in [-0.15, -0.1) is 0 Å². The van der Waals surface area contributed by atoms with Crippen LogP contribution in [0.2, 0.25) is 0 Å². The molecule has 0 radical (unpaired) electrons. The highest BCUT2D eigenvalue weighted by Crippen LogP contribution is 2.34. The van der Waals surface area contributed by atoms with Gasteiger partial charge in [-0.05, 0) is 74.2 Å². The van der Waals surface area contributed by atoms with Crippen LogP contribution in [0.15, 0.2) is 58.5 Å². The third-order valence-electron chi connectivity index (χ3n) is 7.55. The Bertz CT molecular complexity index is 1460. The van der Waals surface area contributed by atoms with Crippen LogP contribution in [0, 0.1) is 0 Å². The normalized spacial score (nSPS) is 17.5. The maximum Gasteiger partial charge on any atom is 0.277 e. The fourth-order valence-electron chi connectivity index (χ4n) is 5.52. The van der Waals surface area contributed by atoms with Gasteiger partial charge in [-0.2, -0.15) is 9.43 Å². The maximum atomic E-state index is 14.0. The van der Waals surface area contributed by atoms with Crippen molar-refractivity contribution in [1.82, 2.24) is 14.7 Å². The van der Waals surface area contributed by atoms with Crippen molar-refractivity contribution >= 4 is 41.2 Å². The van der Waals surface area contributed by atoms with E-state index in [-0.39, 0.29) is 11.8 Å². The summed E-state index contributed by atoms with van der Waals surface area (Å²) in [7, 11) is 3.04. The number of aromatic nitrogens is 2. The number of piperidine rings is 1. The average molecular weight is 577 g/mol. The van der Waals surface area contributed by atoms with Crippen molar-refractivity contribution in [2.24, 2.45) is 4.99 Å². The van der Waals surface area contributed by atoms with Crippen LogP contribution in [-0.4, -0.2) is 72.9 Å². The van der Waals surface area contributed by atoms with E-state index in [4.69, 9.17) is 24.0 Å². The first kappa shape index (κ1) is 27.3. The summed E-state index contributed by atoms with van der Waals surface area (Å²) in [6.45, 7) is 2.71. The van der Waals surface area contributed by atoms with Gasteiger partial charge in [0.2, 0.25) is 11.9 Å². The number of guanidine groups is 1. The van der Waals surface area contributed by atoms with Crippen LogP contribution in [0.25, 0.3) is 5.69 Å². The third kappa shape index (κ3) is 5.30. The van der Waals surface area contributed by atoms with Gasteiger partial charge in [0.1, 0.15) is 11.4 Å². The monoisotopic (exact) mass is 576 g/mol. The van der Waals surface area contributed by atoms with Crippen molar-refractivity contribution in [3.05, 3.63) is 59.8 Å². The number of likely N-dealkylation sites (tertiary alicyclic amines) is 1. The molecule has 3 aliphatic heterocycles. The summed E-state index contributed by atoms with van der Waals surface area (Å²) in [5, 5.41) is 5.29. The molecule has 3 aromatic rings. The van der Waals surface area contributed by atoms with E-state index in [0.717, 1.165) is 73.0 Å². The fourth-order valence-corrected chi connectivity index (χ4v) is 6.06. The quantitative estimate of drug-likeness (QED) is 0.234. The minimum absolute atomic E-state index is 0.134. The number of rotatable bonds is 7. The number of carbonyl (C=O) groups is 2. The number of carbonyl (C=O) groups excluding carboxylic acids is 2. The second-order valence-electron chi connectivity index (χ2n) is 9.97. The van der Waals surface area contributed by atoms with Gasteiger partial charge in [-0.3, -0.25) is 19.5 Å². The Labute approximate surface area is 242 Å².